The molecule has 1 aromatic heterocycles. The first-order valence-electron chi connectivity index (χ1n) is 7.74. The summed E-state index contributed by atoms with van der Waals surface area (Å²) in [4.78, 5) is 8.80. The van der Waals surface area contributed by atoms with Crippen LogP contribution in [0.1, 0.15) is 11.5 Å². The van der Waals surface area contributed by atoms with Crippen molar-refractivity contribution in [2.24, 2.45) is 9.98 Å². The quantitative estimate of drug-likeness (QED) is 0.609. The molecule has 0 fully saturated rings. The molecule has 0 saturated carbocycles. The number of aliphatic imine (C=N–C) groups is 2. The number of rotatable bonds is 6. The van der Waals surface area contributed by atoms with Crippen LogP contribution in [0.4, 0.5) is 11.4 Å². The van der Waals surface area contributed by atoms with E-state index in [0.29, 0.717) is 23.0 Å². The van der Waals surface area contributed by atoms with Gasteiger partial charge in [-0.05, 0) is 36.4 Å². The summed E-state index contributed by atoms with van der Waals surface area (Å²) >= 11 is 0. The third-order valence-corrected chi connectivity index (χ3v) is 3.48. The summed E-state index contributed by atoms with van der Waals surface area (Å²) in [7, 11) is 3.24. The van der Waals surface area contributed by atoms with Crippen molar-refractivity contribution in [3.63, 3.8) is 0 Å². The summed E-state index contributed by atoms with van der Waals surface area (Å²) < 4.78 is 16.2. The van der Waals surface area contributed by atoms with Crippen LogP contribution in [0, 0.1) is 0 Å². The van der Waals surface area contributed by atoms with Crippen LogP contribution in [0.5, 0.6) is 11.5 Å². The molecule has 1 heterocycles. The fourth-order valence-corrected chi connectivity index (χ4v) is 2.25. The topological polar surface area (TPSA) is 56.3 Å². The van der Waals surface area contributed by atoms with E-state index in [-0.39, 0.29) is 0 Å². The lowest BCUT2D eigenvalue weighted by atomic mass is 10.3. The van der Waals surface area contributed by atoms with Gasteiger partial charge in [0, 0.05) is 0 Å². The van der Waals surface area contributed by atoms with E-state index >= 15 is 0 Å². The Labute approximate surface area is 146 Å². The van der Waals surface area contributed by atoms with Crippen molar-refractivity contribution < 1.29 is 13.9 Å². The lowest BCUT2D eigenvalue weighted by molar-refractivity contribution is 0.416. The van der Waals surface area contributed by atoms with E-state index in [9.17, 15) is 0 Å². The molecule has 0 radical (unpaired) electrons. The summed E-state index contributed by atoms with van der Waals surface area (Å²) in [6.45, 7) is 0. The zero-order valence-corrected chi connectivity index (χ0v) is 14.0. The van der Waals surface area contributed by atoms with Gasteiger partial charge in [-0.25, -0.2) is 9.98 Å². The molecule has 0 aliphatic rings. The minimum absolute atomic E-state index is 0.632. The fraction of sp³-hybridized carbons (Fsp3) is 0.100. The lowest BCUT2D eigenvalue weighted by Crippen LogP contribution is -1.83. The molecule has 0 atom stereocenters. The average molecular weight is 334 g/mol. The molecular weight excluding hydrogens is 316 g/mol. The molecule has 0 saturated heterocycles. The molecule has 5 nitrogen and oxygen atoms in total. The van der Waals surface area contributed by atoms with Gasteiger partial charge in [0.2, 0.25) is 0 Å². The number of methoxy groups -OCH3 is 2. The number of ether oxygens (including phenoxy) is 2. The van der Waals surface area contributed by atoms with Crippen LogP contribution < -0.4 is 9.47 Å². The summed E-state index contributed by atoms with van der Waals surface area (Å²) in [5, 5.41) is 0. The van der Waals surface area contributed by atoms with E-state index in [1.54, 1.807) is 26.6 Å². The maximum Gasteiger partial charge on any atom is 0.145 e. The SMILES string of the molecule is COc1ccccc1N=Cc1ccc(C=Nc2ccccc2OC)o1. The Morgan fingerprint density at radius 1 is 0.680 bits per heavy atom. The largest absolute Gasteiger partial charge is 0.494 e. The minimum atomic E-state index is 0.632. The molecular formula is C20H18N2O3. The normalized spacial score (nSPS) is 11.3. The van der Waals surface area contributed by atoms with Crippen molar-refractivity contribution in [3.05, 3.63) is 72.2 Å². The van der Waals surface area contributed by atoms with E-state index in [1.807, 2.05) is 60.7 Å². The Hall–Kier alpha value is -3.34. The Morgan fingerprint density at radius 3 is 1.56 bits per heavy atom. The van der Waals surface area contributed by atoms with Crippen LogP contribution in [-0.2, 0) is 0 Å². The van der Waals surface area contributed by atoms with Gasteiger partial charge >= 0.3 is 0 Å². The molecule has 0 spiro atoms. The molecule has 5 heteroatoms. The van der Waals surface area contributed by atoms with Crippen molar-refractivity contribution in [1.82, 2.24) is 0 Å². The second-order valence-corrected chi connectivity index (χ2v) is 5.10. The monoisotopic (exact) mass is 334 g/mol. The highest BCUT2D eigenvalue weighted by molar-refractivity contribution is 5.84. The van der Waals surface area contributed by atoms with Crippen LogP contribution in [0.2, 0.25) is 0 Å². The van der Waals surface area contributed by atoms with Crippen molar-refractivity contribution in [3.8, 4) is 11.5 Å². The molecule has 0 amide bonds. The van der Waals surface area contributed by atoms with Crippen LogP contribution in [0.15, 0.2) is 75.1 Å². The van der Waals surface area contributed by atoms with E-state index in [4.69, 9.17) is 13.9 Å². The van der Waals surface area contributed by atoms with E-state index in [1.165, 1.54) is 0 Å². The van der Waals surface area contributed by atoms with Gasteiger partial charge < -0.3 is 13.9 Å². The standard InChI is InChI=1S/C20H18N2O3/c1-23-19-9-5-3-7-17(19)21-13-15-11-12-16(25-15)14-22-18-8-4-6-10-20(18)24-2/h3-14H,1-2H3. The first-order chi connectivity index (χ1) is 12.3. The molecule has 3 rings (SSSR count). The van der Waals surface area contributed by atoms with Crippen LogP contribution >= 0.6 is 0 Å². The molecule has 0 aliphatic heterocycles. The van der Waals surface area contributed by atoms with Crippen molar-refractivity contribution in [2.45, 2.75) is 0 Å². The van der Waals surface area contributed by atoms with Gasteiger partial charge in [-0.2, -0.15) is 0 Å². The number of nitrogens with zero attached hydrogens (tertiary/aromatic N) is 2. The highest BCUT2D eigenvalue weighted by Crippen LogP contribution is 2.27. The predicted molar refractivity (Wildman–Crippen MR) is 99.2 cm³/mol. The van der Waals surface area contributed by atoms with E-state index in [2.05, 4.69) is 9.98 Å². The van der Waals surface area contributed by atoms with Gasteiger partial charge in [0.25, 0.3) is 0 Å². The number of hydrogen-bond acceptors (Lipinski definition) is 5. The number of benzene rings is 2. The first kappa shape index (κ1) is 16.5. The third kappa shape index (κ3) is 4.14. The molecule has 0 bridgehead atoms. The average Bonchev–Trinajstić information content (AvgIpc) is 3.13. The van der Waals surface area contributed by atoms with Crippen molar-refractivity contribution >= 4 is 23.8 Å². The van der Waals surface area contributed by atoms with Gasteiger partial charge in [0.05, 0.1) is 26.6 Å². The summed E-state index contributed by atoms with van der Waals surface area (Å²) in [6, 6.07) is 18.8. The van der Waals surface area contributed by atoms with Crippen molar-refractivity contribution in [1.29, 1.82) is 0 Å². The maximum atomic E-state index is 5.69. The first-order valence-corrected chi connectivity index (χ1v) is 7.74. The Kier molecular flexibility index (Phi) is 5.26. The Bertz CT molecular complexity index is 825. The molecule has 126 valence electrons. The molecule has 3 aromatic rings. The van der Waals surface area contributed by atoms with E-state index in [0.717, 1.165) is 11.4 Å². The summed E-state index contributed by atoms with van der Waals surface area (Å²) in [5.74, 6) is 2.69. The van der Waals surface area contributed by atoms with Gasteiger partial charge in [-0.3, -0.25) is 0 Å². The number of furan rings is 1. The summed E-state index contributed by atoms with van der Waals surface area (Å²) in [5.41, 5.74) is 1.48. The van der Waals surface area contributed by atoms with Gasteiger partial charge in [0.1, 0.15) is 34.4 Å². The number of hydrogen-bond donors (Lipinski definition) is 0. The van der Waals surface area contributed by atoms with Crippen LogP contribution in [-0.4, -0.2) is 26.6 Å². The zero-order valence-electron chi connectivity index (χ0n) is 14.0. The molecule has 25 heavy (non-hydrogen) atoms. The molecule has 0 unspecified atom stereocenters. The predicted octanol–water partition coefficient (Wildman–Crippen LogP) is 4.80. The van der Waals surface area contributed by atoms with Crippen LogP contribution in [0.3, 0.4) is 0 Å². The van der Waals surface area contributed by atoms with Gasteiger partial charge in [0.15, 0.2) is 0 Å². The summed E-state index contributed by atoms with van der Waals surface area (Å²) in [6.07, 6.45) is 3.30. The second kappa shape index (κ2) is 7.97. The zero-order chi connectivity index (χ0) is 17.5. The highest BCUT2D eigenvalue weighted by Gasteiger charge is 2.02. The van der Waals surface area contributed by atoms with E-state index < -0.39 is 0 Å². The van der Waals surface area contributed by atoms with Gasteiger partial charge in [-0.1, -0.05) is 24.3 Å². The minimum Gasteiger partial charge on any atom is -0.494 e. The Balaban J connectivity index is 1.74. The molecule has 2 aromatic carbocycles. The van der Waals surface area contributed by atoms with Crippen molar-refractivity contribution in [2.75, 3.05) is 14.2 Å². The highest BCUT2D eigenvalue weighted by atomic mass is 16.5. The molecule has 0 aliphatic carbocycles. The lowest BCUT2D eigenvalue weighted by Gasteiger charge is -2.02. The third-order valence-electron chi connectivity index (χ3n) is 3.48. The maximum absolute atomic E-state index is 5.69. The smallest absolute Gasteiger partial charge is 0.145 e. The van der Waals surface area contributed by atoms with Crippen LogP contribution in [0.25, 0.3) is 0 Å². The fourth-order valence-electron chi connectivity index (χ4n) is 2.25. The number of para-hydroxylation sites is 4. The Morgan fingerprint density at radius 2 is 1.12 bits per heavy atom. The van der Waals surface area contributed by atoms with Gasteiger partial charge in [-0.15, -0.1) is 0 Å². The second-order valence-electron chi connectivity index (χ2n) is 5.10. The molecule has 0 N–H and O–H groups in total.